The lowest BCUT2D eigenvalue weighted by atomic mass is 10.0. The fourth-order valence-electron chi connectivity index (χ4n) is 1.35. The molecule has 72 valence electrons. The molecule has 0 saturated heterocycles. The smallest absolute Gasteiger partial charge is 0.0449 e. The maximum absolute atomic E-state index is 8.75. The molecule has 0 aliphatic rings. The minimum Gasteiger partial charge on any atom is -0.396 e. The minimum atomic E-state index is -0.0573. The van der Waals surface area contributed by atoms with Crippen molar-refractivity contribution in [2.45, 2.75) is 19.4 Å². The summed E-state index contributed by atoms with van der Waals surface area (Å²) < 4.78 is 1.06. The first-order valence-corrected chi connectivity index (χ1v) is 5.07. The predicted molar refractivity (Wildman–Crippen MR) is 57.5 cm³/mol. The number of nitrogens with two attached hydrogens (primary N) is 1. The monoisotopic (exact) mass is 243 g/mol. The van der Waals surface area contributed by atoms with Crippen LogP contribution in [0, 0.1) is 6.92 Å². The summed E-state index contributed by atoms with van der Waals surface area (Å²) in [5.74, 6) is 0. The molecular formula is C10H14BrNO. The van der Waals surface area contributed by atoms with Crippen LogP contribution in [0.4, 0.5) is 0 Å². The van der Waals surface area contributed by atoms with E-state index in [9.17, 15) is 0 Å². The molecule has 13 heavy (non-hydrogen) atoms. The van der Waals surface area contributed by atoms with Crippen LogP contribution in [-0.4, -0.2) is 11.7 Å². The SMILES string of the molecule is Cc1cc(Br)ccc1C(N)CCO. The van der Waals surface area contributed by atoms with Crippen LogP contribution in [0.2, 0.25) is 0 Å². The van der Waals surface area contributed by atoms with Crippen LogP contribution in [0.25, 0.3) is 0 Å². The Kier molecular flexibility index (Phi) is 3.90. The molecule has 0 saturated carbocycles. The van der Waals surface area contributed by atoms with Gasteiger partial charge < -0.3 is 10.8 Å². The fraction of sp³-hybridized carbons (Fsp3) is 0.400. The molecule has 0 aromatic heterocycles. The van der Waals surface area contributed by atoms with E-state index in [4.69, 9.17) is 10.8 Å². The van der Waals surface area contributed by atoms with Crippen molar-refractivity contribution < 1.29 is 5.11 Å². The maximum atomic E-state index is 8.75. The summed E-state index contributed by atoms with van der Waals surface area (Å²) in [4.78, 5) is 0. The second-order valence-electron chi connectivity index (χ2n) is 3.12. The lowest BCUT2D eigenvalue weighted by Crippen LogP contribution is -2.13. The summed E-state index contributed by atoms with van der Waals surface area (Å²) in [5.41, 5.74) is 8.15. The molecule has 0 spiro atoms. The van der Waals surface area contributed by atoms with Gasteiger partial charge in [-0.3, -0.25) is 0 Å². The van der Waals surface area contributed by atoms with Gasteiger partial charge >= 0.3 is 0 Å². The van der Waals surface area contributed by atoms with Gasteiger partial charge in [-0.25, -0.2) is 0 Å². The van der Waals surface area contributed by atoms with Crippen LogP contribution in [0.15, 0.2) is 22.7 Å². The van der Waals surface area contributed by atoms with E-state index in [0.717, 1.165) is 15.6 Å². The van der Waals surface area contributed by atoms with E-state index in [0.29, 0.717) is 6.42 Å². The van der Waals surface area contributed by atoms with Gasteiger partial charge in [0.05, 0.1) is 0 Å². The maximum Gasteiger partial charge on any atom is 0.0449 e. The highest BCUT2D eigenvalue weighted by molar-refractivity contribution is 9.10. The Morgan fingerprint density at radius 3 is 2.77 bits per heavy atom. The van der Waals surface area contributed by atoms with Gasteiger partial charge in [-0.1, -0.05) is 22.0 Å². The Morgan fingerprint density at radius 1 is 1.54 bits per heavy atom. The van der Waals surface area contributed by atoms with E-state index in [1.807, 2.05) is 25.1 Å². The molecule has 0 bridgehead atoms. The third-order valence-electron chi connectivity index (χ3n) is 2.07. The van der Waals surface area contributed by atoms with Crippen molar-refractivity contribution in [1.29, 1.82) is 0 Å². The van der Waals surface area contributed by atoms with Crippen LogP contribution in [0.1, 0.15) is 23.6 Å². The van der Waals surface area contributed by atoms with E-state index in [2.05, 4.69) is 15.9 Å². The quantitative estimate of drug-likeness (QED) is 0.855. The van der Waals surface area contributed by atoms with Crippen LogP contribution in [0.5, 0.6) is 0 Å². The summed E-state index contributed by atoms with van der Waals surface area (Å²) in [6.07, 6.45) is 0.614. The largest absolute Gasteiger partial charge is 0.396 e. The molecule has 0 fully saturated rings. The van der Waals surface area contributed by atoms with Gasteiger partial charge in [0, 0.05) is 17.1 Å². The number of aryl methyl sites for hydroxylation is 1. The van der Waals surface area contributed by atoms with E-state index >= 15 is 0 Å². The average molecular weight is 244 g/mol. The van der Waals surface area contributed by atoms with E-state index < -0.39 is 0 Å². The Labute approximate surface area is 86.9 Å². The first-order valence-electron chi connectivity index (χ1n) is 4.27. The summed E-state index contributed by atoms with van der Waals surface area (Å²) in [6.45, 7) is 2.16. The molecule has 0 heterocycles. The molecule has 0 aliphatic heterocycles. The molecule has 1 atom stereocenters. The van der Waals surface area contributed by atoms with Gasteiger partial charge in [-0.15, -0.1) is 0 Å². The topological polar surface area (TPSA) is 46.2 Å². The third-order valence-corrected chi connectivity index (χ3v) is 2.56. The van der Waals surface area contributed by atoms with Gasteiger partial charge in [0.1, 0.15) is 0 Å². The van der Waals surface area contributed by atoms with Crippen molar-refractivity contribution in [3.8, 4) is 0 Å². The first kappa shape index (κ1) is 10.7. The van der Waals surface area contributed by atoms with E-state index in [1.54, 1.807) is 0 Å². The molecular weight excluding hydrogens is 230 g/mol. The summed E-state index contributed by atoms with van der Waals surface area (Å²) in [6, 6.07) is 5.95. The highest BCUT2D eigenvalue weighted by Gasteiger charge is 2.07. The van der Waals surface area contributed by atoms with Crippen LogP contribution in [-0.2, 0) is 0 Å². The Morgan fingerprint density at radius 2 is 2.23 bits per heavy atom. The highest BCUT2D eigenvalue weighted by atomic mass is 79.9. The second-order valence-corrected chi connectivity index (χ2v) is 4.04. The number of rotatable bonds is 3. The predicted octanol–water partition coefficient (Wildman–Crippen LogP) is 2.14. The molecule has 1 rings (SSSR count). The lowest BCUT2D eigenvalue weighted by Gasteiger charge is -2.13. The Hall–Kier alpha value is -0.380. The van der Waals surface area contributed by atoms with Gasteiger partial charge in [0.25, 0.3) is 0 Å². The van der Waals surface area contributed by atoms with Crippen molar-refractivity contribution in [3.63, 3.8) is 0 Å². The first-order chi connectivity index (χ1) is 6.15. The summed E-state index contributed by atoms with van der Waals surface area (Å²) in [5, 5.41) is 8.75. The number of aliphatic hydroxyl groups is 1. The molecule has 1 aromatic rings. The van der Waals surface area contributed by atoms with Crippen LogP contribution in [0.3, 0.4) is 0 Å². The van der Waals surface area contributed by atoms with Gasteiger partial charge in [-0.2, -0.15) is 0 Å². The fourth-order valence-corrected chi connectivity index (χ4v) is 1.83. The Bertz CT molecular complexity index is 288. The lowest BCUT2D eigenvalue weighted by molar-refractivity contribution is 0.276. The zero-order valence-electron chi connectivity index (χ0n) is 7.63. The Balaban J connectivity index is 2.88. The van der Waals surface area contributed by atoms with Crippen molar-refractivity contribution >= 4 is 15.9 Å². The zero-order valence-corrected chi connectivity index (χ0v) is 9.21. The molecule has 2 nitrogen and oxygen atoms in total. The van der Waals surface area contributed by atoms with Crippen molar-refractivity contribution in [2.24, 2.45) is 5.73 Å². The minimum absolute atomic E-state index is 0.0573. The second kappa shape index (κ2) is 4.74. The van der Waals surface area contributed by atoms with E-state index in [1.165, 1.54) is 0 Å². The number of hydrogen-bond acceptors (Lipinski definition) is 2. The van der Waals surface area contributed by atoms with Gasteiger partial charge in [0.15, 0.2) is 0 Å². The molecule has 3 N–H and O–H groups in total. The molecule has 0 radical (unpaired) electrons. The van der Waals surface area contributed by atoms with Crippen molar-refractivity contribution in [1.82, 2.24) is 0 Å². The van der Waals surface area contributed by atoms with Gasteiger partial charge in [-0.05, 0) is 36.6 Å². The number of aliphatic hydroxyl groups excluding tert-OH is 1. The highest BCUT2D eigenvalue weighted by Crippen LogP contribution is 2.21. The summed E-state index contributed by atoms with van der Waals surface area (Å²) >= 11 is 3.39. The average Bonchev–Trinajstić information content (AvgIpc) is 2.04. The number of hydrogen-bond donors (Lipinski definition) is 2. The molecule has 0 aliphatic carbocycles. The normalized spacial score (nSPS) is 12.9. The zero-order chi connectivity index (χ0) is 9.84. The molecule has 0 amide bonds. The third kappa shape index (κ3) is 2.79. The van der Waals surface area contributed by atoms with Crippen molar-refractivity contribution in [2.75, 3.05) is 6.61 Å². The standard InChI is InChI=1S/C10H14BrNO/c1-7-6-8(11)2-3-9(7)10(12)4-5-13/h2-3,6,10,13H,4-5,12H2,1H3. The number of halogens is 1. The molecule has 1 aromatic carbocycles. The van der Waals surface area contributed by atoms with Crippen LogP contribution >= 0.6 is 15.9 Å². The number of benzene rings is 1. The van der Waals surface area contributed by atoms with Crippen LogP contribution < -0.4 is 5.73 Å². The van der Waals surface area contributed by atoms with E-state index in [-0.39, 0.29) is 12.6 Å². The van der Waals surface area contributed by atoms with Gasteiger partial charge in [0.2, 0.25) is 0 Å². The van der Waals surface area contributed by atoms with Crippen molar-refractivity contribution in [3.05, 3.63) is 33.8 Å². The molecule has 3 heteroatoms. The summed E-state index contributed by atoms with van der Waals surface area (Å²) in [7, 11) is 0. The molecule has 1 unspecified atom stereocenters.